The zero-order valence-corrected chi connectivity index (χ0v) is 26.8. The molecule has 4 amide bonds. The molecule has 0 bridgehead atoms. The molecule has 0 radical (unpaired) electrons. The van der Waals surface area contributed by atoms with E-state index >= 15 is 0 Å². The highest BCUT2D eigenvalue weighted by molar-refractivity contribution is 5.84. The highest BCUT2D eigenvalue weighted by Gasteiger charge is 2.56. The maximum absolute atomic E-state index is 13.0. The Morgan fingerprint density at radius 1 is 0.714 bits per heavy atom. The summed E-state index contributed by atoms with van der Waals surface area (Å²) in [5, 5.41) is 13.6. The van der Waals surface area contributed by atoms with Crippen LogP contribution in [-0.4, -0.2) is 91.1 Å². The Hall–Kier alpha value is -5.66. The third kappa shape index (κ3) is 5.87. The van der Waals surface area contributed by atoms with Gasteiger partial charge >= 0.3 is 12.2 Å². The van der Waals surface area contributed by atoms with E-state index in [1.54, 1.807) is 17.3 Å². The van der Waals surface area contributed by atoms with E-state index in [0.29, 0.717) is 17.7 Å². The van der Waals surface area contributed by atoms with Gasteiger partial charge in [-0.1, -0.05) is 48.5 Å². The van der Waals surface area contributed by atoms with Crippen LogP contribution in [0.4, 0.5) is 9.59 Å². The number of benzene rings is 2. The van der Waals surface area contributed by atoms with Crippen LogP contribution in [0.2, 0.25) is 0 Å². The number of H-pyrrole nitrogens is 2. The number of nitrogens with one attached hydrogen (secondary N) is 4. The van der Waals surface area contributed by atoms with Crippen LogP contribution in [0.1, 0.15) is 49.4 Å². The summed E-state index contributed by atoms with van der Waals surface area (Å²) >= 11 is 0. The van der Waals surface area contributed by atoms with Crippen LogP contribution >= 0.6 is 0 Å². The van der Waals surface area contributed by atoms with Crippen LogP contribution in [0.25, 0.3) is 33.6 Å². The summed E-state index contributed by atoms with van der Waals surface area (Å²) in [6, 6.07) is 16.4. The van der Waals surface area contributed by atoms with Crippen molar-refractivity contribution in [3.63, 3.8) is 0 Å². The average Bonchev–Trinajstić information content (AvgIpc) is 3.71. The molecule has 2 aromatic carbocycles. The number of ether oxygens (including phenoxy) is 1. The lowest BCUT2D eigenvalue weighted by Crippen LogP contribution is -2.41. The SMILES string of the molecule is COC(=O)NCC(=O)N1[C@@H]2C[C@H]2C[C@H]1c1ncc(-c2ccc(-c3ccc(-c4cnc([C@@H]5C[C@H]6C[C@H]6N5C(=O)CNC(=O)O)[nH]4)cc3)cc2)[nH]1. The molecule has 2 saturated carbocycles. The molecular weight excluding hydrogens is 628 g/mol. The van der Waals surface area contributed by atoms with Crippen molar-refractivity contribution in [3.05, 3.63) is 72.6 Å². The van der Waals surface area contributed by atoms with Gasteiger partial charge in [0.15, 0.2) is 0 Å². The number of carboxylic acid groups (broad SMARTS) is 1. The number of carbonyl (C=O) groups excluding carboxylic acids is 3. The minimum absolute atomic E-state index is 0.108. The second-order valence-corrected chi connectivity index (χ2v) is 13.3. The highest BCUT2D eigenvalue weighted by atomic mass is 16.5. The first-order chi connectivity index (χ1) is 23.8. The molecule has 4 aliphatic rings. The molecule has 252 valence electrons. The number of methoxy groups -OCH3 is 1. The molecule has 14 heteroatoms. The fraction of sp³-hybridized carbons (Fsp3) is 0.371. The smallest absolute Gasteiger partial charge is 0.407 e. The van der Waals surface area contributed by atoms with Crippen molar-refractivity contribution in [1.29, 1.82) is 0 Å². The van der Waals surface area contributed by atoms with Gasteiger partial charge in [0.1, 0.15) is 24.7 Å². The molecule has 14 nitrogen and oxygen atoms in total. The number of fused-ring (bicyclic) bond motifs is 2. The first-order valence-corrected chi connectivity index (χ1v) is 16.5. The lowest BCUT2D eigenvalue weighted by atomic mass is 10.0. The third-order valence-electron chi connectivity index (χ3n) is 10.3. The number of aromatic nitrogens is 4. The van der Waals surface area contributed by atoms with Gasteiger partial charge in [-0.25, -0.2) is 19.6 Å². The number of hydrogen-bond donors (Lipinski definition) is 5. The number of imidazole rings is 2. The molecule has 2 aliphatic carbocycles. The number of nitrogens with zero attached hydrogens (tertiary/aromatic N) is 4. The summed E-state index contributed by atoms with van der Waals surface area (Å²) < 4.78 is 4.60. The van der Waals surface area contributed by atoms with E-state index < -0.39 is 12.2 Å². The topological polar surface area (TPSA) is 186 Å². The standard InChI is InChI=1S/C35H36N8O6/c1-49-35(48)39-17-31(45)43-27-11-23(27)13-29(43)33-37-15-25(41-33)21-8-4-19(5-9-21)18-2-6-20(7-3-18)24-14-36-32(40-24)28-12-22-10-26(22)42(28)30(44)16-38-34(46)47/h2-9,14-15,22-23,26-29,38H,10-13,16-17H2,1H3,(H,36,40)(H,37,41)(H,39,48)(H,46,47)/t22-,23+,26-,27-,28+,29+/m1/s1. The Morgan fingerprint density at radius 2 is 1.14 bits per heavy atom. The molecule has 0 unspecified atom stereocenters. The summed E-state index contributed by atoms with van der Waals surface area (Å²) in [4.78, 5) is 67.9. The van der Waals surface area contributed by atoms with Crippen LogP contribution in [0, 0.1) is 11.8 Å². The largest absolute Gasteiger partial charge is 0.465 e. The molecule has 0 spiro atoms. The molecule has 2 aliphatic heterocycles. The number of hydrogen-bond acceptors (Lipinski definition) is 7. The summed E-state index contributed by atoms with van der Waals surface area (Å²) in [5.41, 5.74) is 5.78. The highest BCUT2D eigenvalue weighted by Crippen LogP contribution is 2.54. The molecule has 4 aromatic rings. The second-order valence-electron chi connectivity index (χ2n) is 13.3. The van der Waals surface area contributed by atoms with Crippen LogP contribution in [0.15, 0.2) is 60.9 Å². The molecule has 49 heavy (non-hydrogen) atoms. The first kappa shape index (κ1) is 30.7. The van der Waals surface area contributed by atoms with E-state index in [1.807, 2.05) is 29.2 Å². The van der Waals surface area contributed by atoms with Gasteiger partial charge in [-0.05, 0) is 59.8 Å². The van der Waals surface area contributed by atoms with Crippen LogP contribution in [0.3, 0.4) is 0 Å². The second kappa shape index (κ2) is 12.1. The normalized spacial score (nSPS) is 24.6. The van der Waals surface area contributed by atoms with Gasteiger partial charge in [0, 0.05) is 12.1 Å². The number of amides is 4. The van der Waals surface area contributed by atoms with Crippen molar-refractivity contribution in [3.8, 4) is 33.6 Å². The number of alkyl carbamates (subject to hydrolysis) is 1. The Labute approximate surface area is 281 Å². The Balaban J connectivity index is 0.918. The van der Waals surface area contributed by atoms with Crippen LogP contribution in [0.5, 0.6) is 0 Å². The van der Waals surface area contributed by atoms with E-state index in [1.165, 1.54) is 7.11 Å². The van der Waals surface area contributed by atoms with Gasteiger partial charge in [-0.3, -0.25) is 9.59 Å². The first-order valence-electron chi connectivity index (χ1n) is 16.5. The van der Waals surface area contributed by atoms with E-state index in [9.17, 15) is 19.2 Å². The van der Waals surface area contributed by atoms with Crippen molar-refractivity contribution in [2.75, 3.05) is 20.2 Å². The van der Waals surface area contributed by atoms with Gasteiger partial charge in [-0.15, -0.1) is 0 Å². The Kier molecular flexibility index (Phi) is 7.57. The monoisotopic (exact) mass is 664 g/mol. The average molecular weight is 665 g/mol. The fourth-order valence-electron chi connectivity index (χ4n) is 7.66. The molecule has 8 rings (SSSR count). The maximum Gasteiger partial charge on any atom is 0.407 e. The van der Waals surface area contributed by atoms with Crippen molar-refractivity contribution in [1.82, 2.24) is 40.4 Å². The summed E-state index contributed by atoms with van der Waals surface area (Å²) in [7, 11) is 1.27. The van der Waals surface area contributed by atoms with Gasteiger partial charge < -0.3 is 40.2 Å². The lowest BCUT2D eigenvalue weighted by molar-refractivity contribution is -0.133. The number of rotatable bonds is 9. The molecular formula is C35H36N8O6. The van der Waals surface area contributed by atoms with Crippen molar-refractivity contribution in [2.24, 2.45) is 11.8 Å². The molecule has 4 fully saturated rings. The van der Waals surface area contributed by atoms with E-state index in [0.717, 1.165) is 65.1 Å². The van der Waals surface area contributed by atoms with Gasteiger partial charge in [0.2, 0.25) is 11.8 Å². The summed E-state index contributed by atoms with van der Waals surface area (Å²) in [5.74, 6) is 2.00. The zero-order chi connectivity index (χ0) is 33.8. The van der Waals surface area contributed by atoms with E-state index in [2.05, 4.69) is 59.6 Å². The summed E-state index contributed by atoms with van der Waals surface area (Å²) in [6.07, 6.45) is 5.35. The van der Waals surface area contributed by atoms with E-state index in [-0.39, 0.29) is 49.1 Å². The quantitative estimate of drug-likeness (QED) is 0.177. The molecule has 5 N–H and O–H groups in total. The van der Waals surface area contributed by atoms with Gasteiger partial charge in [0.25, 0.3) is 0 Å². The Morgan fingerprint density at radius 3 is 1.57 bits per heavy atom. The number of likely N-dealkylation sites (tertiary alicyclic amines) is 2. The molecule has 2 saturated heterocycles. The molecule has 4 heterocycles. The minimum atomic E-state index is -1.21. The Bertz CT molecular complexity index is 1920. The predicted molar refractivity (Wildman–Crippen MR) is 176 cm³/mol. The fourth-order valence-corrected chi connectivity index (χ4v) is 7.66. The molecule has 2 aromatic heterocycles. The minimum Gasteiger partial charge on any atom is -0.465 e. The van der Waals surface area contributed by atoms with Crippen LogP contribution in [-0.2, 0) is 14.3 Å². The van der Waals surface area contributed by atoms with Crippen molar-refractivity contribution >= 4 is 24.0 Å². The zero-order valence-electron chi connectivity index (χ0n) is 26.8. The maximum atomic E-state index is 13.0. The van der Waals surface area contributed by atoms with E-state index in [4.69, 9.17) is 5.11 Å². The molecule has 6 atom stereocenters. The number of aromatic amines is 2. The number of piperidine rings is 2. The van der Waals surface area contributed by atoms with Gasteiger partial charge in [-0.2, -0.15) is 0 Å². The van der Waals surface area contributed by atoms with Crippen molar-refractivity contribution in [2.45, 2.75) is 49.9 Å². The van der Waals surface area contributed by atoms with Crippen LogP contribution < -0.4 is 10.6 Å². The lowest BCUT2D eigenvalue weighted by Gasteiger charge is -2.26. The third-order valence-corrected chi connectivity index (χ3v) is 10.3. The summed E-state index contributed by atoms with van der Waals surface area (Å²) in [6.45, 7) is -0.349. The predicted octanol–water partition coefficient (Wildman–Crippen LogP) is 4.08. The number of carbonyl (C=O) groups is 4. The van der Waals surface area contributed by atoms with Gasteiger partial charge in [0.05, 0.1) is 43.0 Å². The van der Waals surface area contributed by atoms with Crippen molar-refractivity contribution < 1.29 is 29.0 Å².